The van der Waals surface area contributed by atoms with Crippen LogP contribution in [0.15, 0.2) is 0 Å². The highest BCUT2D eigenvalue weighted by molar-refractivity contribution is 4.86. The number of piperidine rings is 2. The van der Waals surface area contributed by atoms with E-state index in [1.807, 2.05) is 0 Å². The van der Waals surface area contributed by atoms with Gasteiger partial charge in [0.2, 0.25) is 0 Å². The molecule has 0 atom stereocenters. The second kappa shape index (κ2) is 4.84. The largest absolute Gasteiger partial charge is 0.317 e. The molecule has 0 bridgehead atoms. The first-order valence-corrected chi connectivity index (χ1v) is 6.68. The SMILES string of the molecule is CCC1(C)CCN(C2CCNCC2)CC1. The van der Waals surface area contributed by atoms with Crippen LogP contribution in [-0.2, 0) is 0 Å². The summed E-state index contributed by atoms with van der Waals surface area (Å²) in [4.78, 5) is 2.75. The number of likely N-dealkylation sites (tertiary alicyclic amines) is 1. The number of rotatable bonds is 2. The minimum Gasteiger partial charge on any atom is -0.317 e. The van der Waals surface area contributed by atoms with Gasteiger partial charge in [-0.1, -0.05) is 20.3 Å². The lowest BCUT2D eigenvalue weighted by Crippen LogP contribution is -2.48. The third-order valence-corrected chi connectivity index (χ3v) is 4.68. The molecule has 0 amide bonds. The molecule has 0 saturated carbocycles. The van der Waals surface area contributed by atoms with Gasteiger partial charge in [-0.05, 0) is 57.3 Å². The quantitative estimate of drug-likeness (QED) is 0.752. The molecule has 2 saturated heterocycles. The van der Waals surface area contributed by atoms with Gasteiger partial charge in [0.05, 0.1) is 0 Å². The van der Waals surface area contributed by atoms with Crippen LogP contribution in [0.25, 0.3) is 0 Å². The molecule has 2 rings (SSSR count). The Balaban J connectivity index is 1.82. The predicted octanol–water partition coefficient (Wildman–Crippen LogP) is 2.25. The molecule has 0 spiro atoms. The topological polar surface area (TPSA) is 15.3 Å². The summed E-state index contributed by atoms with van der Waals surface area (Å²) in [6.45, 7) is 9.95. The second-order valence-corrected chi connectivity index (χ2v) is 5.68. The van der Waals surface area contributed by atoms with Gasteiger partial charge in [-0.2, -0.15) is 0 Å². The highest BCUT2D eigenvalue weighted by atomic mass is 15.2. The van der Waals surface area contributed by atoms with Crippen LogP contribution in [-0.4, -0.2) is 37.1 Å². The molecular formula is C13H26N2. The molecule has 88 valence electrons. The Bertz CT molecular complexity index is 189. The molecular weight excluding hydrogens is 184 g/mol. The maximum absolute atomic E-state index is 3.45. The van der Waals surface area contributed by atoms with Crippen molar-refractivity contribution < 1.29 is 0 Å². The normalized spacial score (nSPS) is 29.2. The number of nitrogens with one attached hydrogen (secondary N) is 1. The van der Waals surface area contributed by atoms with E-state index in [0.29, 0.717) is 5.41 Å². The van der Waals surface area contributed by atoms with E-state index < -0.39 is 0 Å². The molecule has 0 aliphatic carbocycles. The Morgan fingerprint density at radius 3 is 2.33 bits per heavy atom. The van der Waals surface area contributed by atoms with E-state index in [9.17, 15) is 0 Å². The van der Waals surface area contributed by atoms with Crippen molar-refractivity contribution in [3.63, 3.8) is 0 Å². The van der Waals surface area contributed by atoms with Crippen molar-refractivity contribution >= 4 is 0 Å². The fourth-order valence-corrected chi connectivity index (χ4v) is 2.95. The molecule has 2 nitrogen and oxygen atoms in total. The molecule has 0 radical (unpaired) electrons. The summed E-state index contributed by atoms with van der Waals surface area (Å²) in [5.41, 5.74) is 0.642. The van der Waals surface area contributed by atoms with Crippen LogP contribution in [0.3, 0.4) is 0 Å². The minimum atomic E-state index is 0.642. The van der Waals surface area contributed by atoms with Gasteiger partial charge in [-0.25, -0.2) is 0 Å². The van der Waals surface area contributed by atoms with E-state index in [4.69, 9.17) is 0 Å². The predicted molar refractivity (Wildman–Crippen MR) is 65.1 cm³/mol. The lowest BCUT2D eigenvalue weighted by atomic mass is 9.77. The molecule has 0 aromatic rings. The van der Waals surface area contributed by atoms with Gasteiger partial charge in [0.15, 0.2) is 0 Å². The molecule has 2 aliphatic rings. The first-order chi connectivity index (χ1) is 7.23. The van der Waals surface area contributed by atoms with Gasteiger partial charge in [-0.3, -0.25) is 0 Å². The maximum atomic E-state index is 3.45. The van der Waals surface area contributed by atoms with Crippen molar-refractivity contribution in [2.45, 2.75) is 52.0 Å². The summed E-state index contributed by atoms with van der Waals surface area (Å²) >= 11 is 0. The number of nitrogens with zero attached hydrogens (tertiary/aromatic N) is 1. The Kier molecular flexibility index (Phi) is 3.68. The van der Waals surface area contributed by atoms with Gasteiger partial charge in [0, 0.05) is 6.04 Å². The van der Waals surface area contributed by atoms with Gasteiger partial charge in [0.25, 0.3) is 0 Å². The lowest BCUT2D eigenvalue weighted by molar-refractivity contribution is 0.0682. The van der Waals surface area contributed by atoms with Gasteiger partial charge in [0.1, 0.15) is 0 Å². The van der Waals surface area contributed by atoms with E-state index in [-0.39, 0.29) is 0 Å². The van der Waals surface area contributed by atoms with Crippen molar-refractivity contribution in [3.8, 4) is 0 Å². The summed E-state index contributed by atoms with van der Waals surface area (Å²) in [5.74, 6) is 0. The molecule has 2 heteroatoms. The van der Waals surface area contributed by atoms with E-state index in [0.717, 1.165) is 6.04 Å². The molecule has 0 unspecified atom stereocenters. The van der Waals surface area contributed by atoms with Gasteiger partial charge < -0.3 is 10.2 Å². The van der Waals surface area contributed by atoms with E-state index in [1.54, 1.807) is 0 Å². The van der Waals surface area contributed by atoms with Crippen LogP contribution >= 0.6 is 0 Å². The third kappa shape index (κ3) is 2.73. The average Bonchev–Trinajstić information content (AvgIpc) is 2.31. The zero-order valence-electron chi connectivity index (χ0n) is 10.4. The first-order valence-electron chi connectivity index (χ1n) is 6.68. The summed E-state index contributed by atoms with van der Waals surface area (Å²) in [7, 11) is 0. The summed E-state index contributed by atoms with van der Waals surface area (Å²) < 4.78 is 0. The Hall–Kier alpha value is -0.0800. The Morgan fingerprint density at radius 2 is 1.80 bits per heavy atom. The van der Waals surface area contributed by atoms with Crippen molar-refractivity contribution in [3.05, 3.63) is 0 Å². The minimum absolute atomic E-state index is 0.642. The third-order valence-electron chi connectivity index (χ3n) is 4.68. The van der Waals surface area contributed by atoms with Crippen molar-refractivity contribution in [1.29, 1.82) is 0 Å². The molecule has 15 heavy (non-hydrogen) atoms. The summed E-state index contributed by atoms with van der Waals surface area (Å²) in [5, 5.41) is 3.45. The highest BCUT2D eigenvalue weighted by Gasteiger charge is 2.31. The second-order valence-electron chi connectivity index (χ2n) is 5.68. The van der Waals surface area contributed by atoms with Crippen molar-refractivity contribution in [2.24, 2.45) is 5.41 Å². The molecule has 2 fully saturated rings. The highest BCUT2D eigenvalue weighted by Crippen LogP contribution is 2.35. The summed E-state index contributed by atoms with van der Waals surface area (Å²) in [6, 6.07) is 0.882. The fraction of sp³-hybridized carbons (Fsp3) is 1.00. The maximum Gasteiger partial charge on any atom is 0.0119 e. The molecule has 1 N–H and O–H groups in total. The van der Waals surface area contributed by atoms with Crippen molar-refractivity contribution in [1.82, 2.24) is 10.2 Å². The first kappa shape index (κ1) is 11.4. The molecule has 0 aromatic heterocycles. The lowest BCUT2D eigenvalue weighted by Gasteiger charge is -2.43. The van der Waals surface area contributed by atoms with E-state index >= 15 is 0 Å². The molecule has 2 aliphatic heterocycles. The van der Waals surface area contributed by atoms with Crippen LogP contribution in [0.5, 0.6) is 0 Å². The number of hydrogen-bond donors (Lipinski definition) is 1. The van der Waals surface area contributed by atoms with Crippen LogP contribution in [0.4, 0.5) is 0 Å². The average molecular weight is 210 g/mol. The van der Waals surface area contributed by atoms with Crippen LogP contribution in [0, 0.1) is 5.41 Å². The van der Waals surface area contributed by atoms with Crippen LogP contribution in [0.1, 0.15) is 46.0 Å². The van der Waals surface area contributed by atoms with Gasteiger partial charge >= 0.3 is 0 Å². The van der Waals surface area contributed by atoms with Crippen molar-refractivity contribution in [2.75, 3.05) is 26.2 Å². The van der Waals surface area contributed by atoms with E-state index in [2.05, 4.69) is 24.1 Å². The number of hydrogen-bond acceptors (Lipinski definition) is 2. The zero-order chi connectivity index (χ0) is 10.7. The summed E-state index contributed by atoms with van der Waals surface area (Å²) in [6.07, 6.45) is 6.90. The zero-order valence-corrected chi connectivity index (χ0v) is 10.4. The van der Waals surface area contributed by atoms with Gasteiger partial charge in [-0.15, -0.1) is 0 Å². The van der Waals surface area contributed by atoms with Crippen LogP contribution in [0.2, 0.25) is 0 Å². The molecule has 0 aromatic carbocycles. The smallest absolute Gasteiger partial charge is 0.0119 e. The Labute approximate surface area is 94.4 Å². The Morgan fingerprint density at radius 1 is 1.20 bits per heavy atom. The molecule has 2 heterocycles. The standard InChI is InChI=1S/C13H26N2/c1-3-13(2)6-10-15(11-7-13)12-4-8-14-9-5-12/h12,14H,3-11H2,1-2H3. The van der Waals surface area contributed by atoms with Crippen LogP contribution < -0.4 is 5.32 Å². The van der Waals surface area contributed by atoms with E-state index in [1.165, 1.54) is 58.3 Å². The monoisotopic (exact) mass is 210 g/mol. The fourth-order valence-electron chi connectivity index (χ4n) is 2.95.